The second kappa shape index (κ2) is 8.87. The number of amides is 2. The van der Waals surface area contributed by atoms with Crippen LogP contribution in [0, 0.1) is 0 Å². The van der Waals surface area contributed by atoms with Crippen LogP contribution in [0.25, 0.3) is 0 Å². The second-order valence-electron chi connectivity index (χ2n) is 4.89. The first-order valence-electron chi connectivity index (χ1n) is 7.36. The molecule has 0 aliphatic heterocycles. The van der Waals surface area contributed by atoms with Crippen molar-refractivity contribution in [2.24, 2.45) is 0 Å². The molecule has 0 radical (unpaired) electrons. The molecule has 0 aliphatic carbocycles. The molecule has 0 bridgehead atoms. The standard InChI is InChI=1S/C16H17ClF2N2O3S/c1-3-21(9-11-5-7-14(17)25-11)16(22)20-10-4-6-12(23-2)13(8-10)24-15(18)19/h4-8,15H,3,9H2,1-2H3,(H,20,22). The summed E-state index contributed by atoms with van der Waals surface area (Å²) in [5.41, 5.74) is 0.323. The van der Waals surface area contributed by atoms with Gasteiger partial charge in [-0.1, -0.05) is 11.6 Å². The fourth-order valence-electron chi connectivity index (χ4n) is 2.10. The smallest absolute Gasteiger partial charge is 0.387 e. The van der Waals surface area contributed by atoms with Gasteiger partial charge in [-0.2, -0.15) is 8.78 Å². The molecule has 0 atom stereocenters. The van der Waals surface area contributed by atoms with Crippen molar-refractivity contribution in [2.75, 3.05) is 19.0 Å². The Bertz CT molecular complexity index is 727. The molecule has 0 aliphatic rings. The predicted molar refractivity (Wildman–Crippen MR) is 94.1 cm³/mol. The highest BCUT2D eigenvalue weighted by atomic mass is 35.5. The summed E-state index contributed by atoms with van der Waals surface area (Å²) >= 11 is 7.29. The monoisotopic (exact) mass is 390 g/mol. The normalized spacial score (nSPS) is 10.6. The highest BCUT2D eigenvalue weighted by Crippen LogP contribution is 2.31. The van der Waals surface area contributed by atoms with E-state index in [4.69, 9.17) is 16.3 Å². The van der Waals surface area contributed by atoms with Crippen LogP contribution in [0.1, 0.15) is 11.8 Å². The van der Waals surface area contributed by atoms with Crippen molar-refractivity contribution in [1.82, 2.24) is 4.90 Å². The summed E-state index contributed by atoms with van der Waals surface area (Å²) in [5, 5.41) is 2.66. The number of urea groups is 1. The lowest BCUT2D eigenvalue weighted by atomic mass is 10.2. The fourth-order valence-corrected chi connectivity index (χ4v) is 3.20. The molecule has 25 heavy (non-hydrogen) atoms. The minimum absolute atomic E-state index is 0.150. The molecular weight excluding hydrogens is 374 g/mol. The lowest BCUT2D eigenvalue weighted by molar-refractivity contribution is -0.0511. The summed E-state index contributed by atoms with van der Waals surface area (Å²) in [5.74, 6) is 0.00209. The van der Waals surface area contributed by atoms with Gasteiger partial charge in [0.1, 0.15) is 0 Å². The highest BCUT2D eigenvalue weighted by Gasteiger charge is 2.16. The average Bonchev–Trinajstić information content (AvgIpc) is 2.97. The maximum Gasteiger partial charge on any atom is 0.387 e. The van der Waals surface area contributed by atoms with Gasteiger partial charge in [0, 0.05) is 23.2 Å². The Hall–Kier alpha value is -2.06. The van der Waals surface area contributed by atoms with Crippen molar-refractivity contribution in [2.45, 2.75) is 20.1 Å². The average molecular weight is 391 g/mol. The number of rotatable bonds is 7. The lowest BCUT2D eigenvalue weighted by Gasteiger charge is -2.21. The number of carbonyl (C=O) groups is 1. The van der Waals surface area contributed by atoms with Crippen molar-refractivity contribution in [3.8, 4) is 11.5 Å². The Balaban J connectivity index is 2.09. The summed E-state index contributed by atoms with van der Waals surface area (Å²) in [7, 11) is 1.34. The molecule has 2 rings (SSSR count). The van der Waals surface area contributed by atoms with Gasteiger partial charge in [0.25, 0.3) is 0 Å². The van der Waals surface area contributed by atoms with Crippen molar-refractivity contribution < 1.29 is 23.0 Å². The number of ether oxygens (including phenoxy) is 2. The van der Waals surface area contributed by atoms with Crippen molar-refractivity contribution in [3.05, 3.63) is 39.5 Å². The Kier molecular flexibility index (Phi) is 6.83. The number of benzene rings is 1. The SMILES string of the molecule is CCN(Cc1ccc(Cl)s1)C(=O)Nc1ccc(OC)c(OC(F)F)c1. The Morgan fingerprint density at radius 3 is 2.64 bits per heavy atom. The molecule has 5 nitrogen and oxygen atoms in total. The van der Waals surface area contributed by atoms with Crippen LogP contribution < -0.4 is 14.8 Å². The first kappa shape index (κ1) is 19.3. The van der Waals surface area contributed by atoms with Gasteiger partial charge in [-0.3, -0.25) is 0 Å². The number of carbonyl (C=O) groups excluding carboxylic acids is 1. The molecule has 1 aromatic carbocycles. The molecule has 136 valence electrons. The predicted octanol–water partition coefficient (Wildman–Crippen LogP) is 5.07. The van der Waals surface area contributed by atoms with Gasteiger partial charge < -0.3 is 19.7 Å². The van der Waals surface area contributed by atoms with E-state index in [-0.39, 0.29) is 17.5 Å². The molecule has 2 amide bonds. The largest absolute Gasteiger partial charge is 0.493 e. The van der Waals surface area contributed by atoms with E-state index in [1.54, 1.807) is 17.0 Å². The van der Waals surface area contributed by atoms with Gasteiger partial charge in [0.05, 0.1) is 18.0 Å². The van der Waals surface area contributed by atoms with E-state index in [0.717, 1.165) is 4.88 Å². The zero-order chi connectivity index (χ0) is 18.4. The molecule has 0 unspecified atom stereocenters. The molecule has 9 heteroatoms. The van der Waals surface area contributed by atoms with E-state index in [0.29, 0.717) is 23.1 Å². The number of halogens is 3. The highest BCUT2D eigenvalue weighted by molar-refractivity contribution is 7.16. The Morgan fingerprint density at radius 2 is 2.08 bits per heavy atom. The minimum Gasteiger partial charge on any atom is -0.493 e. The molecule has 0 saturated heterocycles. The Morgan fingerprint density at radius 1 is 1.32 bits per heavy atom. The maximum absolute atomic E-state index is 12.5. The van der Waals surface area contributed by atoms with E-state index in [1.807, 2.05) is 13.0 Å². The molecular formula is C16H17ClF2N2O3S. The zero-order valence-corrected chi connectivity index (χ0v) is 15.2. The van der Waals surface area contributed by atoms with Crippen LogP contribution in [0.3, 0.4) is 0 Å². The molecule has 0 saturated carbocycles. The van der Waals surface area contributed by atoms with Crippen molar-refractivity contribution >= 4 is 34.7 Å². The molecule has 1 heterocycles. The van der Waals surface area contributed by atoms with Crippen LogP contribution in [0.4, 0.5) is 19.3 Å². The number of methoxy groups -OCH3 is 1. The van der Waals surface area contributed by atoms with Crippen LogP contribution in [0.15, 0.2) is 30.3 Å². The number of anilines is 1. The number of nitrogens with one attached hydrogen (secondary N) is 1. The van der Waals surface area contributed by atoms with Gasteiger partial charge in [-0.15, -0.1) is 11.3 Å². The molecule has 0 spiro atoms. The zero-order valence-electron chi connectivity index (χ0n) is 13.6. The minimum atomic E-state index is -2.99. The number of hydrogen-bond acceptors (Lipinski definition) is 4. The summed E-state index contributed by atoms with van der Waals surface area (Å²) in [6, 6.07) is 7.54. The van der Waals surface area contributed by atoms with Crippen LogP contribution in [-0.4, -0.2) is 31.2 Å². The van der Waals surface area contributed by atoms with Gasteiger partial charge in [0.2, 0.25) is 0 Å². The van der Waals surface area contributed by atoms with Crippen LogP contribution in [-0.2, 0) is 6.54 Å². The summed E-state index contributed by atoms with van der Waals surface area (Å²) in [6.45, 7) is -0.280. The van der Waals surface area contributed by atoms with Crippen LogP contribution in [0.2, 0.25) is 4.34 Å². The van der Waals surface area contributed by atoms with E-state index in [2.05, 4.69) is 10.1 Å². The first-order chi connectivity index (χ1) is 11.9. The topological polar surface area (TPSA) is 50.8 Å². The van der Waals surface area contributed by atoms with Crippen molar-refractivity contribution in [1.29, 1.82) is 0 Å². The summed E-state index contributed by atoms with van der Waals surface area (Å²) < 4.78 is 35.0. The molecule has 0 fully saturated rings. The quantitative estimate of drug-likeness (QED) is 0.718. The van der Waals surface area contributed by atoms with Crippen LogP contribution >= 0.6 is 22.9 Å². The van der Waals surface area contributed by atoms with E-state index in [9.17, 15) is 13.6 Å². The summed E-state index contributed by atoms with van der Waals surface area (Å²) in [6.07, 6.45) is 0. The number of alkyl halides is 2. The van der Waals surface area contributed by atoms with Gasteiger partial charge in [-0.25, -0.2) is 4.79 Å². The molecule has 1 aromatic heterocycles. The number of hydrogen-bond donors (Lipinski definition) is 1. The molecule has 2 aromatic rings. The third-order valence-corrected chi connectivity index (χ3v) is 4.49. The third-order valence-electron chi connectivity index (χ3n) is 3.28. The van der Waals surface area contributed by atoms with Gasteiger partial charge in [0.15, 0.2) is 11.5 Å². The molecule has 1 N–H and O–H groups in total. The third kappa shape index (κ3) is 5.47. The van der Waals surface area contributed by atoms with Crippen LogP contribution in [0.5, 0.6) is 11.5 Å². The summed E-state index contributed by atoms with van der Waals surface area (Å²) in [4.78, 5) is 14.9. The van der Waals surface area contributed by atoms with Gasteiger partial charge >= 0.3 is 12.6 Å². The van der Waals surface area contributed by atoms with Gasteiger partial charge in [-0.05, 0) is 31.2 Å². The first-order valence-corrected chi connectivity index (χ1v) is 8.55. The van der Waals surface area contributed by atoms with E-state index in [1.165, 1.54) is 30.6 Å². The lowest BCUT2D eigenvalue weighted by Crippen LogP contribution is -2.34. The Labute approximate surface area is 153 Å². The van der Waals surface area contributed by atoms with Crippen molar-refractivity contribution in [3.63, 3.8) is 0 Å². The second-order valence-corrected chi connectivity index (χ2v) is 6.69. The van der Waals surface area contributed by atoms with E-state index >= 15 is 0 Å². The number of thiophene rings is 1. The number of nitrogens with zero attached hydrogens (tertiary/aromatic N) is 1. The maximum atomic E-state index is 12.5. The van der Waals surface area contributed by atoms with E-state index < -0.39 is 6.61 Å². The fraction of sp³-hybridized carbons (Fsp3) is 0.312.